The zero-order chi connectivity index (χ0) is 20.7. The van der Waals surface area contributed by atoms with E-state index in [0.717, 1.165) is 22.2 Å². The number of nitrogens with zero attached hydrogens (tertiary/aromatic N) is 3. The lowest BCUT2D eigenvalue weighted by Crippen LogP contribution is -2.37. The second-order valence-electron chi connectivity index (χ2n) is 7.28. The summed E-state index contributed by atoms with van der Waals surface area (Å²) in [5.41, 5.74) is 4.55. The van der Waals surface area contributed by atoms with Crippen LogP contribution in [0.25, 0.3) is 10.9 Å². The zero-order valence-electron chi connectivity index (χ0n) is 15.8. The topological polar surface area (TPSA) is 79.9 Å². The predicted molar refractivity (Wildman–Crippen MR) is 114 cm³/mol. The summed E-state index contributed by atoms with van der Waals surface area (Å²) in [5.74, 6) is 0. The van der Waals surface area contributed by atoms with Gasteiger partial charge < -0.3 is 14.6 Å². The van der Waals surface area contributed by atoms with Gasteiger partial charge >= 0.3 is 6.09 Å². The van der Waals surface area contributed by atoms with Crippen LogP contribution in [0.3, 0.4) is 0 Å². The molecule has 1 aliphatic rings. The molecule has 1 amide bonds. The molecular weight excluding hydrogens is 431 g/mol. The first-order valence-electron chi connectivity index (χ1n) is 9.18. The van der Waals surface area contributed by atoms with E-state index in [0.29, 0.717) is 40.0 Å². The van der Waals surface area contributed by atoms with Crippen molar-refractivity contribution >= 4 is 51.7 Å². The van der Waals surface area contributed by atoms with Crippen LogP contribution in [-0.2, 0) is 24.1 Å². The summed E-state index contributed by atoms with van der Waals surface area (Å²) in [4.78, 5) is 12.0. The van der Waals surface area contributed by atoms with Crippen LogP contribution in [0, 0.1) is 11.3 Å². The summed E-state index contributed by atoms with van der Waals surface area (Å²) in [7, 11) is 0. The van der Waals surface area contributed by atoms with Crippen molar-refractivity contribution in [3.05, 3.63) is 50.1 Å². The molecule has 1 N–H and O–H groups in total. The zero-order valence-corrected chi connectivity index (χ0v) is 18.2. The van der Waals surface area contributed by atoms with E-state index in [2.05, 4.69) is 20.3 Å². The molecule has 1 unspecified atom stereocenters. The Hall–Kier alpha value is -2.27. The van der Waals surface area contributed by atoms with Crippen LogP contribution in [0.2, 0.25) is 9.36 Å². The minimum absolute atomic E-state index is 0.0675. The molecule has 3 aromatic rings. The van der Waals surface area contributed by atoms with Crippen molar-refractivity contribution in [2.24, 2.45) is 0 Å². The largest absolute Gasteiger partial charge is 0.447 e. The molecule has 1 atom stereocenters. The number of ether oxygens (including phenoxy) is 1. The number of carbonyl (C=O) groups excluding carboxylic acids is 1. The van der Waals surface area contributed by atoms with Gasteiger partial charge in [0, 0.05) is 29.1 Å². The van der Waals surface area contributed by atoms with Gasteiger partial charge in [-0.1, -0.05) is 23.2 Å². The second kappa shape index (κ2) is 7.86. The van der Waals surface area contributed by atoms with Gasteiger partial charge in [-0.05, 0) is 55.6 Å². The molecule has 1 aliphatic carbocycles. The molecule has 4 rings (SSSR count). The number of nitriles is 1. The molecule has 0 fully saturated rings. The molecule has 150 valence electrons. The van der Waals surface area contributed by atoms with Gasteiger partial charge in [-0.25, -0.2) is 4.79 Å². The summed E-state index contributed by atoms with van der Waals surface area (Å²) in [5, 5.41) is 13.7. The Kier molecular flexibility index (Phi) is 5.43. The van der Waals surface area contributed by atoms with Gasteiger partial charge in [-0.2, -0.15) is 9.64 Å². The average Bonchev–Trinajstić information content (AvgIpc) is 3.30. The summed E-state index contributed by atoms with van der Waals surface area (Å²) in [6.07, 6.45) is 0.738. The molecule has 29 heavy (non-hydrogen) atoms. The third-order valence-corrected chi connectivity index (χ3v) is 6.63. The monoisotopic (exact) mass is 448 g/mol. The van der Waals surface area contributed by atoms with Gasteiger partial charge in [0.2, 0.25) is 0 Å². The minimum atomic E-state index is -0.418. The molecule has 9 heteroatoms. The highest BCUT2D eigenvalue weighted by Gasteiger charge is 2.30. The Morgan fingerprint density at radius 2 is 2.24 bits per heavy atom. The van der Waals surface area contributed by atoms with E-state index in [-0.39, 0.29) is 12.1 Å². The fourth-order valence-corrected chi connectivity index (χ4v) is 4.80. The van der Waals surface area contributed by atoms with Crippen LogP contribution in [0.4, 0.5) is 4.79 Å². The number of amides is 1. The molecule has 0 bridgehead atoms. The first-order valence-corrected chi connectivity index (χ1v) is 10.7. The lowest BCUT2D eigenvalue weighted by Gasteiger charge is -2.16. The summed E-state index contributed by atoms with van der Waals surface area (Å²) >= 11 is 13.6. The Morgan fingerprint density at radius 3 is 2.90 bits per heavy atom. The SMILES string of the molecule is CC(C)OC(=O)NC1Cc2c(n(Cc3nsc(Cl)c3Cl)c3ccc(C#N)cc23)C1. The molecule has 0 saturated carbocycles. The molecule has 1 aromatic carbocycles. The van der Waals surface area contributed by atoms with Crippen LogP contribution >= 0.6 is 34.7 Å². The maximum atomic E-state index is 12.0. The quantitative estimate of drug-likeness (QED) is 0.613. The van der Waals surface area contributed by atoms with E-state index in [1.165, 1.54) is 11.5 Å². The maximum absolute atomic E-state index is 12.0. The highest BCUT2D eigenvalue weighted by atomic mass is 35.5. The van der Waals surface area contributed by atoms with Gasteiger partial charge in [-0.15, -0.1) is 0 Å². The number of aromatic nitrogens is 2. The molecule has 2 aromatic heterocycles. The standard InChI is InChI=1S/C20H18Cl2N4O2S/c1-10(2)28-20(27)24-12-6-14-13-5-11(8-23)3-4-16(13)26(17(14)7-12)9-15-18(21)19(22)29-25-15/h3-5,10,12H,6-7,9H2,1-2H3,(H,24,27). The van der Waals surface area contributed by atoms with Crippen LogP contribution < -0.4 is 5.32 Å². The normalized spacial score (nSPS) is 15.5. The summed E-state index contributed by atoms with van der Waals surface area (Å²) in [6.45, 7) is 4.11. The molecule has 0 aliphatic heterocycles. The number of halogens is 2. The fraction of sp³-hybridized carbons (Fsp3) is 0.350. The van der Waals surface area contributed by atoms with Gasteiger partial charge in [0.15, 0.2) is 0 Å². The van der Waals surface area contributed by atoms with Crippen molar-refractivity contribution in [3.63, 3.8) is 0 Å². The van der Waals surface area contributed by atoms with Crippen molar-refractivity contribution < 1.29 is 9.53 Å². The Labute approximate surface area is 182 Å². The maximum Gasteiger partial charge on any atom is 0.407 e. The number of alkyl carbamates (subject to hydrolysis) is 1. The molecular formula is C20H18Cl2N4O2S. The number of nitrogens with one attached hydrogen (secondary N) is 1. The Bertz CT molecular complexity index is 1150. The molecule has 2 heterocycles. The lowest BCUT2D eigenvalue weighted by atomic mass is 10.1. The van der Waals surface area contributed by atoms with Crippen molar-refractivity contribution in [3.8, 4) is 6.07 Å². The van der Waals surface area contributed by atoms with Gasteiger partial charge in [0.05, 0.1) is 35.0 Å². The predicted octanol–water partition coefficient (Wildman–Crippen LogP) is 4.93. The van der Waals surface area contributed by atoms with Crippen LogP contribution in [0.5, 0.6) is 0 Å². The fourth-order valence-electron chi connectivity index (χ4n) is 3.79. The lowest BCUT2D eigenvalue weighted by molar-refractivity contribution is 0.112. The van der Waals surface area contributed by atoms with E-state index < -0.39 is 6.09 Å². The van der Waals surface area contributed by atoms with Crippen molar-refractivity contribution in [2.75, 3.05) is 0 Å². The Balaban J connectivity index is 1.71. The third kappa shape index (κ3) is 3.80. The number of hydrogen-bond acceptors (Lipinski definition) is 5. The molecule has 0 saturated heterocycles. The van der Waals surface area contributed by atoms with Gasteiger partial charge in [0.1, 0.15) is 4.34 Å². The van der Waals surface area contributed by atoms with Crippen LogP contribution in [-0.4, -0.2) is 27.2 Å². The first-order chi connectivity index (χ1) is 13.9. The van der Waals surface area contributed by atoms with Crippen molar-refractivity contribution in [1.29, 1.82) is 5.26 Å². The number of fused-ring (bicyclic) bond motifs is 3. The van der Waals surface area contributed by atoms with Crippen molar-refractivity contribution in [1.82, 2.24) is 14.3 Å². The van der Waals surface area contributed by atoms with Crippen LogP contribution in [0.15, 0.2) is 18.2 Å². The summed E-state index contributed by atoms with van der Waals surface area (Å²) in [6, 6.07) is 7.78. The number of hydrogen-bond donors (Lipinski definition) is 1. The van der Waals surface area contributed by atoms with E-state index >= 15 is 0 Å². The highest BCUT2D eigenvalue weighted by Crippen LogP contribution is 2.36. The number of rotatable bonds is 4. The molecule has 0 spiro atoms. The average molecular weight is 449 g/mol. The van der Waals surface area contributed by atoms with E-state index in [1.807, 2.05) is 26.0 Å². The van der Waals surface area contributed by atoms with Gasteiger partial charge in [0.25, 0.3) is 0 Å². The van der Waals surface area contributed by atoms with Crippen molar-refractivity contribution in [2.45, 2.75) is 45.4 Å². The van der Waals surface area contributed by atoms with E-state index in [1.54, 1.807) is 6.07 Å². The van der Waals surface area contributed by atoms with Crippen LogP contribution in [0.1, 0.15) is 36.4 Å². The van der Waals surface area contributed by atoms with E-state index in [9.17, 15) is 10.1 Å². The molecule has 6 nitrogen and oxygen atoms in total. The minimum Gasteiger partial charge on any atom is -0.447 e. The Morgan fingerprint density at radius 1 is 1.45 bits per heavy atom. The smallest absolute Gasteiger partial charge is 0.407 e. The third-order valence-electron chi connectivity index (χ3n) is 4.94. The summed E-state index contributed by atoms with van der Waals surface area (Å²) < 4.78 is 12.2. The highest BCUT2D eigenvalue weighted by molar-refractivity contribution is 7.11. The van der Waals surface area contributed by atoms with Gasteiger partial charge in [-0.3, -0.25) is 0 Å². The number of carbonyl (C=O) groups is 1. The van der Waals surface area contributed by atoms with E-state index in [4.69, 9.17) is 27.9 Å². The second-order valence-corrected chi connectivity index (χ2v) is 9.03. The number of benzene rings is 1. The molecule has 0 radical (unpaired) electrons. The first kappa shape index (κ1) is 20.0.